The molecule has 0 radical (unpaired) electrons. The summed E-state index contributed by atoms with van der Waals surface area (Å²) in [6, 6.07) is 20.9. The highest BCUT2D eigenvalue weighted by atomic mass is 16.3. The summed E-state index contributed by atoms with van der Waals surface area (Å²) in [7, 11) is 0. The van der Waals surface area contributed by atoms with E-state index in [4.69, 9.17) is 4.42 Å². The van der Waals surface area contributed by atoms with Crippen LogP contribution in [0.15, 0.2) is 75.1 Å². The number of nitrogens with zero attached hydrogens (tertiary/aromatic N) is 2. The Kier molecular flexibility index (Phi) is 5.83. The number of aliphatic imine (C=N–C) groups is 2. The second kappa shape index (κ2) is 9.21. The number of hydrogen-bond donors (Lipinski definition) is 2. The molecule has 0 spiro atoms. The minimum Gasteiger partial charge on any atom is -0.456 e. The van der Waals surface area contributed by atoms with Crippen molar-refractivity contribution in [3.8, 4) is 22.6 Å². The first-order valence-electron chi connectivity index (χ1n) is 11.2. The van der Waals surface area contributed by atoms with Crippen molar-refractivity contribution in [2.45, 2.75) is 25.7 Å². The van der Waals surface area contributed by atoms with Gasteiger partial charge in [0.15, 0.2) is 0 Å². The summed E-state index contributed by atoms with van der Waals surface area (Å²) in [5, 5.41) is 6.86. The quantitative estimate of drug-likeness (QED) is 0.642. The van der Waals surface area contributed by atoms with E-state index in [0.717, 1.165) is 84.5 Å². The van der Waals surface area contributed by atoms with Gasteiger partial charge in [-0.1, -0.05) is 48.5 Å². The SMILES string of the molecule is c1cc(-c2ccc(-c3ccc(C4=NCCCCN4)cc3)o2)ccc1C1=NCCCCN1. The van der Waals surface area contributed by atoms with Crippen LogP contribution in [0.4, 0.5) is 0 Å². The third-order valence-electron chi connectivity index (χ3n) is 5.79. The lowest BCUT2D eigenvalue weighted by Crippen LogP contribution is -2.24. The smallest absolute Gasteiger partial charge is 0.134 e. The van der Waals surface area contributed by atoms with E-state index in [1.807, 2.05) is 12.1 Å². The summed E-state index contributed by atoms with van der Waals surface area (Å²) >= 11 is 0. The summed E-state index contributed by atoms with van der Waals surface area (Å²) in [6.45, 7) is 3.77. The Morgan fingerprint density at radius 1 is 0.516 bits per heavy atom. The minimum absolute atomic E-state index is 0.871. The van der Waals surface area contributed by atoms with Crippen LogP contribution in [-0.4, -0.2) is 37.9 Å². The van der Waals surface area contributed by atoms with Gasteiger partial charge in [0.1, 0.15) is 23.2 Å². The van der Waals surface area contributed by atoms with Crippen molar-refractivity contribution >= 4 is 11.7 Å². The molecule has 0 atom stereocenters. The molecular formula is C26H28N4O. The highest BCUT2D eigenvalue weighted by molar-refractivity contribution is 5.99. The first kappa shape index (κ1) is 19.6. The van der Waals surface area contributed by atoms with E-state index in [-0.39, 0.29) is 0 Å². The number of furan rings is 1. The molecule has 31 heavy (non-hydrogen) atoms. The van der Waals surface area contributed by atoms with Gasteiger partial charge in [-0.2, -0.15) is 0 Å². The lowest BCUT2D eigenvalue weighted by Gasteiger charge is -2.08. The van der Waals surface area contributed by atoms with Crippen molar-refractivity contribution in [2.24, 2.45) is 9.98 Å². The highest BCUT2D eigenvalue weighted by Gasteiger charge is 2.11. The van der Waals surface area contributed by atoms with Crippen LogP contribution in [-0.2, 0) is 0 Å². The zero-order chi connectivity index (χ0) is 20.9. The molecule has 3 heterocycles. The van der Waals surface area contributed by atoms with E-state index in [2.05, 4.69) is 69.1 Å². The third-order valence-corrected chi connectivity index (χ3v) is 5.79. The van der Waals surface area contributed by atoms with Crippen molar-refractivity contribution in [1.82, 2.24) is 10.6 Å². The molecule has 0 aliphatic carbocycles. The monoisotopic (exact) mass is 412 g/mol. The van der Waals surface area contributed by atoms with Crippen molar-refractivity contribution < 1.29 is 4.42 Å². The Bertz CT molecular complexity index is 991. The van der Waals surface area contributed by atoms with Crippen LogP contribution in [0.1, 0.15) is 36.8 Å². The van der Waals surface area contributed by atoms with Gasteiger partial charge in [0.05, 0.1) is 0 Å². The molecule has 2 aliphatic rings. The van der Waals surface area contributed by atoms with Crippen molar-refractivity contribution in [2.75, 3.05) is 26.2 Å². The normalized spacial score (nSPS) is 16.9. The number of amidine groups is 2. The summed E-state index contributed by atoms with van der Waals surface area (Å²) in [4.78, 5) is 9.31. The molecule has 0 saturated heterocycles. The van der Waals surface area contributed by atoms with Crippen molar-refractivity contribution in [3.05, 3.63) is 71.8 Å². The fourth-order valence-corrected chi connectivity index (χ4v) is 4.00. The molecule has 0 unspecified atom stereocenters. The maximum Gasteiger partial charge on any atom is 0.134 e. The predicted octanol–water partition coefficient (Wildman–Crippen LogP) is 4.87. The zero-order valence-electron chi connectivity index (χ0n) is 17.7. The van der Waals surface area contributed by atoms with Crippen LogP contribution >= 0.6 is 0 Å². The molecule has 2 N–H and O–H groups in total. The lowest BCUT2D eigenvalue weighted by atomic mass is 10.1. The summed E-state index contributed by atoms with van der Waals surface area (Å²) in [5.74, 6) is 3.74. The van der Waals surface area contributed by atoms with E-state index in [0.29, 0.717) is 0 Å². The van der Waals surface area contributed by atoms with Crippen LogP contribution in [0, 0.1) is 0 Å². The Balaban J connectivity index is 1.31. The Morgan fingerprint density at radius 2 is 0.935 bits per heavy atom. The fraction of sp³-hybridized carbons (Fsp3) is 0.308. The van der Waals surface area contributed by atoms with E-state index >= 15 is 0 Å². The first-order valence-corrected chi connectivity index (χ1v) is 11.2. The predicted molar refractivity (Wildman–Crippen MR) is 127 cm³/mol. The van der Waals surface area contributed by atoms with Gasteiger partial charge in [-0.25, -0.2) is 0 Å². The van der Waals surface area contributed by atoms with Gasteiger partial charge in [0.2, 0.25) is 0 Å². The molecule has 3 aromatic rings. The van der Waals surface area contributed by atoms with Gasteiger partial charge in [-0.3, -0.25) is 9.98 Å². The number of benzene rings is 2. The average Bonchev–Trinajstić information content (AvgIpc) is 3.00. The summed E-state index contributed by atoms with van der Waals surface area (Å²) in [5.41, 5.74) is 4.39. The van der Waals surface area contributed by atoms with E-state index in [1.165, 1.54) is 12.8 Å². The topological polar surface area (TPSA) is 61.9 Å². The van der Waals surface area contributed by atoms with Crippen LogP contribution in [0.25, 0.3) is 22.6 Å². The first-order chi connectivity index (χ1) is 15.4. The average molecular weight is 413 g/mol. The summed E-state index contributed by atoms with van der Waals surface area (Å²) < 4.78 is 6.17. The second-order valence-electron chi connectivity index (χ2n) is 8.05. The number of rotatable bonds is 4. The maximum atomic E-state index is 6.17. The molecule has 0 saturated carbocycles. The van der Waals surface area contributed by atoms with Gasteiger partial charge in [0.25, 0.3) is 0 Å². The Hall–Kier alpha value is -3.34. The van der Waals surface area contributed by atoms with E-state index in [1.54, 1.807) is 0 Å². The van der Waals surface area contributed by atoms with Crippen LogP contribution in [0.2, 0.25) is 0 Å². The standard InChI is InChI=1S/C26H28N4O/c1-2-16-28-25(27-15-1)21-9-5-19(6-10-21)23-13-14-24(31-23)20-7-11-22(12-8-20)26-29-17-3-4-18-30-26/h5-14H,1-4,15-18H2,(H,27,28)(H,29,30). The molecule has 1 aromatic heterocycles. The molecule has 5 rings (SSSR count). The molecular weight excluding hydrogens is 384 g/mol. The molecule has 5 heteroatoms. The fourth-order valence-electron chi connectivity index (χ4n) is 4.00. The van der Waals surface area contributed by atoms with Gasteiger partial charge in [0, 0.05) is 48.4 Å². The van der Waals surface area contributed by atoms with Gasteiger partial charge in [-0.05, 0) is 37.8 Å². The Morgan fingerprint density at radius 3 is 1.39 bits per heavy atom. The molecule has 5 nitrogen and oxygen atoms in total. The zero-order valence-corrected chi connectivity index (χ0v) is 17.7. The molecule has 2 aromatic carbocycles. The Labute approximate surface area is 183 Å². The summed E-state index contributed by atoms with van der Waals surface area (Å²) in [6.07, 6.45) is 4.64. The van der Waals surface area contributed by atoms with Crippen LogP contribution in [0.5, 0.6) is 0 Å². The largest absolute Gasteiger partial charge is 0.456 e. The van der Waals surface area contributed by atoms with Gasteiger partial charge in [-0.15, -0.1) is 0 Å². The van der Waals surface area contributed by atoms with E-state index in [9.17, 15) is 0 Å². The number of nitrogens with one attached hydrogen (secondary N) is 2. The maximum absolute atomic E-state index is 6.17. The minimum atomic E-state index is 0.871. The molecule has 0 bridgehead atoms. The van der Waals surface area contributed by atoms with Crippen LogP contribution < -0.4 is 10.6 Å². The molecule has 2 aliphatic heterocycles. The lowest BCUT2D eigenvalue weighted by molar-refractivity contribution is 0.597. The number of hydrogen-bond acceptors (Lipinski definition) is 5. The molecule has 0 amide bonds. The molecule has 158 valence electrons. The van der Waals surface area contributed by atoms with Gasteiger partial charge < -0.3 is 15.1 Å². The van der Waals surface area contributed by atoms with Gasteiger partial charge >= 0.3 is 0 Å². The van der Waals surface area contributed by atoms with Crippen molar-refractivity contribution in [3.63, 3.8) is 0 Å². The second-order valence-corrected chi connectivity index (χ2v) is 8.05. The third kappa shape index (κ3) is 4.55. The van der Waals surface area contributed by atoms with E-state index < -0.39 is 0 Å². The highest BCUT2D eigenvalue weighted by Crippen LogP contribution is 2.29. The van der Waals surface area contributed by atoms with Crippen LogP contribution in [0.3, 0.4) is 0 Å². The molecule has 0 fully saturated rings. The van der Waals surface area contributed by atoms with Crippen molar-refractivity contribution in [1.29, 1.82) is 0 Å².